The smallest absolute Gasteiger partial charge is 0.288 e. The van der Waals surface area contributed by atoms with Gasteiger partial charge in [-0.05, 0) is 38.0 Å². The maximum Gasteiger partial charge on any atom is 0.288 e. The highest BCUT2D eigenvalue weighted by atomic mass is 16.3. The summed E-state index contributed by atoms with van der Waals surface area (Å²) >= 11 is 0. The highest BCUT2D eigenvalue weighted by Gasteiger charge is 2.50. The molecule has 1 aromatic heterocycles. The fraction of sp³-hybridized carbons (Fsp3) is 0.750. The SMILES string of the molecule is O=C(NC[C@@]12CCC[C@H]1N(CC1CCCCC1)C(=O)CC2)c1cnco1. The second-order valence-electron chi connectivity index (χ2n) is 8.37. The molecule has 1 aliphatic heterocycles. The van der Waals surface area contributed by atoms with Gasteiger partial charge in [0.2, 0.25) is 11.7 Å². The van der Waals surface area contributed by atoms with Crippen LogP contribution in [0.3, 0.4) is 0 Å². The van der Waals surface area contributed by atoms with Crippen LogP contribution in [0.2, 0.25) is 0 Å². The van der Waals surface area contributed by atoms with E-state index in [2.05, 4.69) is 15.2 Å². The summed E-state index contributed by atoms with van der Waals surface area (Å²) in [5, 5.41) is 3.05. The van der Waals surface area contributed by atoms with Gasteiger partial charge < -0.3 is 14.6 Å². The van der Waals surface area contributed by atoms with Crippen LogP contribution in [0.5, 0.6) is 0 Å². The number of nitrogens with one attached hydrogen (secondary N) is 1. The first-order chi connectivity index (χ1) is 12.7. The number of hydrogen-bond acceptors (Lipinski definition) is 4. The largest absolute Gasteiger partial charge is 0.438 e. The number of likely N-dealkylation sites (tertiary alicyclic amines) is 1. The van der Waals surface area contributed by atoms with Crippen molar-refractivity contribution in [1.82, 2.24) is 15.2 Å². The van der Waals surface area contributed by atoms with Gasteiger partial charge >= 0.3 is 0 Å². The average Bonchev–Trinajstić information content (AvgIpc) is 3.33. The Kier molecular flexibility index (Phi) is 5.00. The molecule has 6 nitrogen and oxygen atoms in total. The normalized spacial score (nSPS) is 29.6. The summed E-state index contributed by atoms with van der Waals surface area (Å²) in [4.78, 5) is 31.0. The molecule has 3 aliphatic rings. The Labute approximate surface area is 154 Å². The maximum atomic E-state index is 12.7. The van der Waals surface area contributed by atoms with Crippen molar-refractivity contribution in [3.8, 4) is 0 Å². The molecule has 1 saturated heterocycles. The summed E-state index contributed by atoms with van der Waals surface area (Å²) in [6.45, 7) is 1.53. The van der Waals surface area contributed by atoms with Gasteiger partial charge in [0.05, 0.1) is 6.20 Å². The lowest BCUT2D eigenvalue weighted by molar-refractivity contribution is -0.142. The van der Waals surface area contributed by atoms with Gasteiger partial charge in [-0.15, -0.1) is 0 Å². The third kappa shape index (κ3) is 3.38. The Morgan fingerprint density at radius 1 is 1.23 bits per heavy atom. The molecule has 0 aromatic carbocycles. The zero-order chi connectivity index (χ0) is 18.0. The molecule has 1 aromatic rings. The van der Waals surface area contributed by atoms with Crippen molar-refractivity contribution in [1.29, 1.82) is 0 Å². The van der Waals surface area contributed by atoms with E-state index >= 15 is 0 Å². The van der Waals surface area contributed by atoms with Gasteiger partial charge in [0.25, 0.3) is 5.91 Å². The molecule has 142 valence electrons. The number of nitrogens with zero attached hydrogens (tertiary/aromatic N) is 2. The number of rotatable bonds is 5. The standard InChI is InChI=1S/C20H29N3O3/c24-18-8-10-20(13-22-19(25)16-11-21-14-26-16)9-4-7-17(20)23(18)12-15-5-2-1-3-6-15/h11,14-15,17H,1-10,12-13H2,(H,22,25)/t17-,20+/m1/s1. The molecule has 3 fully saturated rings. The van der Waals surface area contributed by atoms with E-state index in [1.54, 1.807) is 0 Å². The summed E-state index contributed by atoms with van der Waals surface area (Å²) < 4.78 is 5.10. The molecule has 0 radical (unpaired) electrons. The Hall–Kier alpha value is -1.85. The van der Waals surface area contributed by atoms with Crippen molar-refractivity contribution in [2.75, 3.05) is 13.1 Å². The molecule has 2 heterocycles. The number of amides is 2. The highest BCUT2D eigenvalue weighted by Crippen LogP contribution is 2.48. The summed E-state index contributed by atoms with van der Waals surface area (Å²) in [5.74, 6) is 1.02. The second-order valence-corrected chi connectivity index (χ2v) is 8.37. The zero-order valence-electron chi connectivity index (χ0n) is 15.4. The van der Waals surface area contributed by atoms with Crippen molar-refractivity contribution in [2.24, 2.45) is 11.3 Å². The first-order valence-corrected chi connectivity index (χ1v) is 10.1. The summed E-state index contributed by atoms with van der Waals surface area (Å²) in [6.07, 6.45) is 14.0. The lowest BCUT2D eigenvalue weighted by Crippen LogP contribution is -2.57. The fourth-order valence-corrected chi connectivity index (χ4v) is 5.41. The van der Waals surface area contributed by atoms with Crippen LogP contribution in [0.25, 0.3) is 0 Å². The van der Waals surface area contributed by atoms with Crippen molar-refractivity contribution < 1.29 is 14.0 Å². The number of aromatic nitrogens is 1. The number of oxazole rings is 1. The molecule has 1 N–H and O–H groups in total. The predicted molar refractivity (Wildman–Crippen MR) is 96.4 cm³/mol. The van der Waals surface area contributed by atoms with E-state index in [0.717, 1.165) is 32.2 Å². The molecule has 4 rings (SSSR count). The summed E-state index contributed by atoms with van der Waals surface area (Å²) in [7, 11) is 0. The molecule has 0 spiro atoms. The zero-order valence-corrected chi connectivity index (χ0v) is 15.4. The number of piperidine rings is 1. The molecular weight excluding hydrogens is 330 g/mol. The molecule has 2 aliphatic carbocycles. The highest BCUT2D eigenvalue weighted by molar-refractivity contribution is 5.91. The molecule has 0 unspecified atom stereocenters. The predicted octanol–water partition coefficient (Wildman–Crippen LogP) is 3.15. The van der Waals surface area contributed by atoms with Crippen LogP contribution in [-0.2, 0) is 4.79 Å². The Balaban J connectivity index is 1.44. The van der Waals surface area contributed by atoms with Gasteiger partial charge in [-0.1, -0.05) is 25.7 Å². The molecule has 0 bridgehead atoms. The fourth-order valence-electron chi connectivity index (χ4n) is 5.41. The Bertz CT molecular complexity index is 639. The number of carbonyl (C=O) groups is 2. The topological polar surface area (TPSA) is 75.4 Å². The summed E-state index contributed by atoms with van der Waals surface area (Å²) in [5.41, 5.74) is 0.0260. The minimum absolute atomic E-state index is 0.0260. The lowest BCUT2D eigenvalue weighted by atomic mass is 9.74. The second kappa shape index (κ2) is 7.41. The van der Waals surface area contributed by atoms with E-state index < -0.39 is 0 Å². The van der Waals surface area contributed by atoms with E-state index in [0.29, 0.717) is 24.8 Å². The first kappa shape index (κ1) is 17.6. The van der Waals surface area contributed by atoms with Crippen LogP contribution in [0, 0.1) is 11.3 Å². The van der Waals surface area contributed by atoms with Gasteiger partial charge in [-0.25, -0.2) is 4.98 Å². The third-order valence-corrected chi connectivity index (χ3v) is 6.83. The Morgan fingerprint density at radius 2 is 2.08 bits per heavy atom. The number of carbonyl (C=O) groups excluding carboxylic acids is 2. The van der Waals surface area contributed by atoms with Crippen molar-refractivity contribution >= 4 is 11.8 Å². The van der Waals surface area contributed by atoms with E-state index in [1.807, 2.05) is 0 Å². The van der Waals surface area contributed by atoms with Crippen LogP contribution in [0.4, 0.5) is 0 Å². The quantitative estimate of drug-likeness (QED) is 0.876. The van der Waals surface area contributed by atoms with Gasteiger partial charge in [-0.2, -0.15) is 0 Å². The number of fused-ring (bicyclic) bond motifs is 1. The molecule has 26 heavy (non-hydrogen) atoms. The molecule has 2 atom stereocenters. The van der Waals surface area contributed by atoms with E-state index in [9.17, 15) is 9.59 Å². The maximum absolute atomic E-state index is 12.7. The van der Waals surface area contributed by atoms with Crippen LogP contribution in [-0.4, -0.2) is 40.8 Å². The van der Waals surface area contributed by atoms with E-state index in [-0.39, 0.29) is 23.1 Å². The van der Waals surface area contributed by atoms with Crippen LogP contribution < -0.4 is 5.32 Å². The third-order valence-electron chi connectivity index (χ3n) is 6.83. The Morgan fingerprint density at radius 3 is 2.85 bits per heavy atom. The average molecular weight is 359 g/mol. The minimum atomic E-state index is -0.210. The first-order valence-electron chi connectivity index (χ1n) is 10.1. The molecule has 2 amide bonds. The molecule has 2 saturated carbocycles. The van der Waals surface area contributed by atoms with Gasteiger partial charge in [0.1, 0.15) is 0 Å². The molecule has 6 heteroatoms. The van der Waals surface area contributed by atoms with E-state index in [1.165, 1.54) is 44.7 Å². The molecular formula is C20H29N3O3. The van der Waals surface area contributed by atoms with Crippen LogP contribution >= 0.6 is 0 Å². The van der Waals surface area contributed by atoms with Crippen LogP contribution in [0.1, 0.15) is 74.8 Å². The van der Waals surface area contributed by atoms with Crippen molar-refractivity contribution in [3.63, 3.8) is 0 Å². The van der Waals surface area contributed by atoms with Crippen LogP contribution in [0.15, 0.2) is 17.0 Å². The lowest BCUT2D eigenvalue weighted by Gasteiger charge is -2.47. The summed E-state index contributed by atoms with van der Waals surface area (Å²) in [6, 6.07) is 0.278. The minimum Gasteiger partial charge on any atom is -0.438 e. The van der Waals surface area contributed by atoms with Gasteiger partial charge in [-0.3, -0.25) is 9.59 Å². The van der Waals surface area contributed by atoms with Gasteiger partial charge in [0, 0.05) is 31.0 Å². The van der Waals surface area contributed by atoms with Gasteiger partial charge in [0.15, 0.2) is 6.39 Å². The monoisotopic (exact) mass is 359 g/mol. The van der Waals surface area contributed by atoms with Crippen molar-refractivity contribution in [3.05, 3.63) is 18.4 Å². The van der Waals surface area contributed by atoms with Crippen molar-refractivity contribution in [2.45, 2.75) is 70.3 Å². The van der Waals surface area contributed by atoms with E-state index in [4.69, 9.17) is 4.42 Å². The number of hydrogen-bond donors (Lipinski definition) is 1.